The van der Waals surface area contributed by atoms with Crippen molar-refractivity contribution in [2.45, 2.75) is 13.1 Å². The molecule has 28 heavy (non-hydrogen) atoms. The molecule has 1 aliphatic heterocycles. The summed E-state index contributed by atoms with van der Waals surface area (Å²) in [6.07, 6.45) is 1.87. The van der Waals surface area contributed by atoms with Gasteiger partial charge in [-0.25, -0.2) is 4.98 Å². The van der Waals surface area contributed by atoms with Crippen molar-refractivity contribution in [1.29, 1.82) is 0 Å². The molecule has 2 heterocycles. The molecule has 1 fully saturated rings. The summed E-state index contributed by atoms with van der Waals surface area (Å²) >= 11 is 6.10. The Morgan fingerprint density at radius 2 is 2.00 bits per heavy atom. The van der Waals surface area contributed by atoms with Gasteiger partial charge in [-0.3, -0.25) is 4.99 Å². The third kappa shape index (κ3) is 5.36. The minimum absolute atomic E-state index is 0.683. The maximum absolute atomic E-state index is 6.10. The predicted octanol–water partition coefficient (Wildman–Crippen LogP) is 2.69. The van der Waals surface area contributed by atoms with Gasteiger partial charge in [-0.05, 0) is 30.8 Å². The summed E-state index contributed by atoms with van der Waals surface area (Å²) in [7, 11) is 6.00. The molecule has 2 aromatic rings. The minimum atomic E-state index is 0.683. The fourth-order valence-corrected chi connectivity index (χ4v) is 3.63. The topological polar surface area (TPSA) is 47.0 Å². The lowest BCUT2D eigenvalue weighted by atomic mass is 10.2. The van der Waals surface area contributed by atoms with Crippen molar-refractivity contribution in [3.63, 3.8) is 0 Å². The molecule has 1 aromatic heterocycles. The molecule has 150 valence electrons. The molecule has 3 rings (SSSR count). The Hall–Kier alpha value is -2.31. The first kappa shape index (κ1) is 20.4. The van der Waals surface area contributed by atoms with Crippen molar-refractivity contribution in [2.24, 2.45) is 4.99 Å². The van der Waals surface area contributed by atoms with Gasteiger partial charge in [0.2, 0.25) is 0 Å². The number of aliphatic imine (C=N–C) groups is 1. The van der Waals surface area contributed by atoms with Gasteiger partial charge in [-0.2, -0.15) is 0 Å². The number of nitrogens with zero attached hydrogens (tertiary/aromatic N) is 5. The lowest BCUT2D eigenvalue weighted by molar-refractivity contribution is 0.311. The smallest absolute Gasteiger partial charge is 0.193 e. The Kier molecular flexibility index (Phi) is 7.12. The van der Waals surface area contributed by atoms with Crippen LogP contribution in [0.3, 0.4) is 0 Å². The summed E-state index contributed by atoms with van der Waals surface area (Å²) in [4.78, 5) is 15.9. The number of pyridine rings is 1. The zero-order chi connectivity index (χ0) is 19.9. The molecule has 1 aromatic carbocycles. The van der Waals surface area contributed by atoms with Gasteiger partial charge in [0.25, 0.3) is 0 Å². The van der Waals surface area contributed by atoms with Crippen molar-refractivity contribution in [3.8, 4) is 0 Å². The second kappa shape index (κ2) is 9.75. The summed E-state index contributed by atoms with van der Waals surface area (Å²) in [5.41, 5.74) is 2.34. The second-order valence-corrected chi connectivity index (χ2v) is 7.60. The van der Waals surface area contributed by atoms with Crippen LogP contribution in [0.1, 0.15) is 11.1 Å². The molecule has 0 amide bonds. The van der Waals surface area contributed by atoms with Crippen molar-refractivity contribution < 1.29 is 0 Å². The first-order chi connectivity index (χ1) is 13.6. The number of rotatable bonds is 5. The predicted molar refractivity (Wildman–Crippen MR) is 117 cm³/mol. The van der Waals surface area contributed by atoms with Crippen LogP contribution in [0.15, 0.2) is 47.6 Å². The van der Waals surface area contributed by atoms with Crippen LogP contribution in [-0.2, 0) is 13.1 Å². The van der Waals surface area contributed by atoms with Crippen LogP contribution in [0.5, 0.6) is 0 Å². The Bertz CT molecular complexity index is 801. The van der Waals surface area contributed by atoms with E-state index in [0.29, 0.717) is 6.54 Å². The summed E-state index contributed by atoms with van der Waals surface area (Å²) in [6.45, 7) is 5.55. The molecule has 0 bridgehead atoms. The number of benzene rings is 1. The first-order valence-electron chi connectivity index (χ1n) is 9.60. The molecule has 0 saturated carbocycles. The van der Waals surface area contributed by atoms with Gasteiger partial charge in [-0.15, -0.1) is 0 Å². The monoisotopic (exact) mass is 400 g/mol. The van der Waals surface area contributed by atoms with Crippen LogP contribution in [0, 0.1) is 0 Å². The van der Waals surface area contributed by atoms with E-state index in [1.165, 1.54) is 5.56 Å². The second-order valence-electron chi connectivity index (χ2n) is 7.16. The lowest BCUT2D eigenvalue weighted by Crippen LogP contribution is -2.45. The summed E-state index contributed by atoms with van der Waals surface area (Å²) in [6, 6.07) is 12.0. The summed E-state index contributed by atoms with van der Waals surface area (Å²) in [5.74, 6) is 1.91. The number of likely N-dealkylation sites (N-methyl/N-ethyl adjacent to an activating group) is 1. The van der Waals surface area contributed by atoms with E-state index in [1.807, 2.05) is 37.5 Å². The van der Waals surface area contributed by atoms with Gasteiger partial charge in [-0.1, -0.05) is 29.8 Å². The minimum Gasteiger partial charge on any atom is -0.354 e. The number of anilines is 1. The molecule has 6 nitrogen and oxygen atoms in total. The van der Waals surface area contributed by atoms with E-state index >= 15 is 0 Å². The Morgan fingerprint density at radius 3 is 2.71 bits per heavy atom. The van der Waals surface area contributed by atoms with Crippen molar-refractivity contribution in [1.82, 2.24) is 20.1 Å². The van der Waals surface area contributed by atoms with E-state index in [4.69, 9.17) is 11.6 Å². The van der Waals surface area contributed by atoms with Crippen LogP contribution in [0.2, 0.25) is 5.02 Å². The normalized spacial score (nSPS) is 15.6. The molecular formula is C21H29ClN6. The highest BCUT2D eigenvalue weighted by Crippen LogP contribution is 2.19. The van der Waals surface area contributed by atoms with Gasteiger partial charge in [0.1, 0.15) is 5.82 Å². The Balaban J connectivity index is 1.64. The number of aromatic nitrogens is 1. The van der Waals surface area contributed by atoms with E-state index in [2.05, 4.69) is 49.2 Å². The fourth-order valence-electron chi connectivity index (χ4n) is 3.41. The van der Waals surface area contributed by atoms with Gasteiger partial charge in [0.05, 0.1) is 0 Å². The zero-order valence-corrected chi connectivity index (χ0v) is 17.7. The van der Waals surface area contributed by atoms with Gasteiger partial charge >= 0.3 is 0 Å². The molecule has 0 spiro atoms. The average molecular weight is 401 g/mol. The molecule has 1 aliphatic rings. The Labute approximate surface area is 172 Å². The SMILES string of the molecule is CN=C(NCc1cccnc1N1CCN(C)CC1)N(C)Cc1cccc(Cl)c1. The quantitative estimate of drug-likeness (QED) is 0.617. The molecule has 1 N–H and O–H groups in total. The van der Waals surface area contributed by atoms with E-state index in [-0.39, 0.29) is 0 Å². The van der Waals surface area contributed by atoms with E-state index in [1.54, 1.807) is 7.05 Å². The maximum atomic E-state index is 6.10. The standard InChI is InChI=1S/C21H29ClN6/c1-23-21(27(3)16-17-6-4-8-19(22)14-17)25-15-18-7-5-9-24-20(18)28-12-10-26(2)11-13-28/h4-9,14H,10-13,15-16H2,1-3H3,(H,23,25). The lowest BCUT2D eigenvalue weighted by Gasteiger charge is -2.34. The molecule has 0 radical (unpaired) electrons. The number of nitrogens with one attached hydrogen (secondary N) is 1. The largest absolute Gasteiger partial charge is 0.354 e. The highest BCUT2D eigenvalue weighted by molar-refractivity contribution is 6.30. The molecule has 7 heteroatoms. The van der Waals surface area contributed by atoms with Crippen LogP contribution < -0.4 is 10.2 Å². The third-order valence-electron chi connectivity index (χ3n) is 4.99. The van der Waals surface area contributed by atoms with Crippen molar-refractivity contribution in [2.75, 3.05) is 52.2 Å². The number of hydrogen-bond acceptors (Lipinski definition) is 4. The Morgan fingerprint density at radius 1 is 1.21 bits per heavy atom. The van der Waals surface area contributed by atoms with Gasteiger partial charge in [0.15, 0.2) is 5.96 Å². The van der Waals surface area contributed by atoms with E-state index in [9.17, 15) is 0 Å². The van der Waals surface area contributed by atoms with Crippen molar-refractivity contribution in [3.05, 3.63) is 58.7 Å². The van der Waals surface area contributed by atoms with Crippen LogP contribution in [-0.4, -0.2) is 68.1 Å². The maximum Gasteiger partial charge on any atom is 0.193 e. The van der Waals surface area contributed by atoms with E-state index < -0.39 is 0 Å². The molecule has 1 saturated heterocycles. The molecular weight excluding hydrogens is 372 g/mol. The molecule has 0 aliphatic carbocycles. The fraction of sp³-hybridized carbons (Fsp3) is 0.429. The van der Waals surface area contributed by atoms with Gasteiger partial charge < -0.3 is 20.0 Å². The van der Waals surface area contributed by atoms with Gasteiger partial charge in [0, 0.05) is 70.1 Å². The zero-order valence-electron chi connectivity index (χ0n) is 16.9. The number of guanidine groups is 1. The first-order valence-corrected chi connectivity index (χ1v) is 9.98. The van der Waals surface area contributed by atoms with Crippen LogP contribution >= 0.6 is 11.6 Å². The highest BCUT2D eigenvalue weighted by atomic mass is 35.5. The van der Waals surface area contributed by atoms with Crippen LogP contribution in [0.4, 0.5) is 5.82 Å². The van der Waals surface area contributed by atoms with Crippen LogP contribution in [0.25, 0.3) is 0 Å². The van der Waals surface area contributed by atoms with Crippen molar-refractivity contribution >= 4 is 23.4 Å². The number of halogens is 1. The highest BCUT2D eigenvalue weighted by Gasteiger charge is 2.18. The average Bonchev–Trinajstić information content (AvgIpc) is 2.69. The molecule has 0 unspecified atom stereocenters. The number of piperazine rings is 1. The third-order valence-corrected chi connectivity index (χ3v) is 5.22. The summed E-state index contributed by atoms with van der Waals surface area (Å²) < 4.78 is 0. The van der Waals surface area contributed by atoms with E-state index in [0.717, 1.165) is 55.1 Å². The molecule has 0 atom stereocenters. The summed E-state index contributed by atoms with van der Waals surface area (Å²) in [5, 5.41) is 4.23. The number of hydrogen-bond donors (Lipinski definition) is 1.